The summed E-state index contributed by atoms with van der Waals surface area (Å²) in [5.74, 6) is 5.22. The first kappa shape index (κ1) is 11.7. The van der Waals surface area contributed by atoms with Crippen LogP contribution in [0.4, 0.5) is 0 Å². The Hall–Kier alpha value is -0.330. The van der Waals surface area contributed by atoms with Crippen molar-refractivity contribution in [2.75, 3.05) is 13.1 Å². The highest BCUT2D eigenvalue weighted by Crippen LogP contribution is 2.49. The maximum atomic E-state index is 2.59. The van der Waals surface area contributed by atoms with Crippen LogP contribution < -0.4 is 0 Å². The average Bonchev–Trinajstić information content (AvgIpc) is 2.27. The Morgan fingerprint density at radius 1 is 1.06 bits per heavy atom. The van der Waals surface area contributed by atoms with Crippen molar-refractivity contribution < 1.29 is 4.58 Å². The van der Waals surface area contributed by atoms with Crippen LogP contribution in [0, 0.1) is 29.6 Å². The molecule has 0 bridgehead atoms. The molecule has 4 atom stereocenters. The minimum absolute atomic E-state index is 1.01. The van der Waals surface area contributed by atoms with Gasteiger partial charge in [0.1, 0.15) is 19.3 Å². The van der Waals surface area contributed by atoms with Gasteiger partial charge in [-0.15, -0.1) is 0 Å². The molecule has 1 heteroatoms. The van der Waals surface area contributed by atoms with Gasteiger partial charge in [0.2, 0.25) is 0 Å². The van der Waals surface area contributed by atoms with E-state index in [9.17, 15) is 0 Å². The maximum Gasteiger partial charge on any atom is 0.145 e. The van der Waals surface area contributed by atoms with Gasteiger partial charge in [0.15, 0.2) is 0 Å². The first-order valence-corrected chi connectivity index (χ1v) is 7.87. The zero-order chi connectivity index (χ0) is 11.8. The third-order valence-corrected chi connectivity index (χ3v) is 6.03. The van der Waals surface area contributed by atoms with Crippen molar-refractivity contribution in [1.29, 1.82) is 0 Å². The van der Waals surface area contributed by atoms with E-state index in [0.29, 0.717) is 0 Å². The molecule has 0 radical (unpaired) electrons. The summed E-state index contributed by atoms with van der Waals surface area (Å²) in [4.78, 5) is 0. The fourth-order valence-electron chi connectivity index (χ4n) is 4.38. The van der Waals surface area contributed by atoms with E-state index < -0.39 is 0 Å². The Morgan fingerprint density at radius 3 is 2.35 bits per heavy atom. The van der Waals surface area contributed by atoms with E-state index in [-0.39, 0.29) is 0 Å². The molecule has 0 N–H and O–H groups in total. The van der Waals surface area contributed by atoms with Crippen LogP contribution in [0.3, 0.4) is 0 Å². The van der Waals surface area contributed by atoms with Crippen LogP contribution in [-0.2, 0) is 0 Å². The molecule has 0 aromatic rings. The number of hydrogen-bond donors (Lipinski definition) is 0. The molecule has 2 fully saturated rings. The van der Waals surface area contributed by atoms with Crippen LogP contribution in [0.2, 0.25) is 0 Å². The maximum absolute atomic E-state index is 2.59. The van der Waals surface area contributed by atoms with E-state index in [0.717, 1.165) is 29.6 Å². The lowest BCUT2D eigenvalue weighted by Crippen LogP contribution is -2.46. The number of hydrogen-bond acceptors (Lipinski definition) is 0. The summed E-state index contributed by atoms with van der Waals surface area (Å²) >= 11 is 0. The highest BCUT2D eigenvalue weighted by molar-refractivity contribution is 5.52. The topological polar surface area (TPSA) is 3.01 Å². The van der Waals surface area contributed by atoms with E-state index in [1.54, 1.807) is 0 Å². The van der Waals surface area contributed by atoms with Crippen molar-refractivity contribution in [3.8, 4) is 0 Å². The third-order valence-electron chi connectivity index (χ3n) is 6.03. The van der Waals surface area contributed by atoms with Crippen LogP contribution in [-0.4, -0.2) is 23.9 Å². The Bertz CT molecular complexity index is 303. The molecule has 0 saturated heterocycles. The number of rotatable bonds is 3. The van der Waals surface area contributed by atoms with Gasteiger partial charge in [0.05, 0.1) is 0 Å². The quantitative estimate of drug-likeness (QED) is 0.657. The van der Waals surface area contributed by atoms with E-state index in [2.05, 4.69) is 24.6 Å². The second kappa shape index (κ2) is 4.74. The Labute approximate surface area is 106 Å². The molecule has 1 aliphatic heterocycles. The van der Waals surface area contributed by atoms with Gasteiger partial charge in [-0.1, -0.05) is 32.6 Å². The summed E-state index contributed by atoms with van der Waals surface area (Å²) in [6.45, 7) is 7.38. The van der Waals surface area contributed by atoms with E-state index >= 15 is 0 Å². The van der Waals surface area contributed by atoms with E-state index in [1.165, 1.54) is 51.6 Å². The lowest BCUT2D eigenvalue weighted by molar-refractivity contribution is -0.538. The number of nitrogens with zero attached hydrogens (tertiary/aromatic N) is 1. The molecular weight excluding hydrogens is 206 g/mol. The van der Waals surface area contributed by atoms with Gasteiger partial charge in [-0.3, -0.25) is 0 Å². The zero-order valence-electron chi connectivity index (χ0n) is 11.6. The summed E-state index contributed by atoms with van der Waals surface area (Å²) < 4.78 is 2.59. The SMILES string of the molecule is CC[N+]1=CCC(C2CCC2)C(C2CCC2C)C1. The van der Waals surface area contributed by atoms with Crippen LogP contribution in [0.15, 0.2) is 0 Å². The minimum Gasteiger partial charge on any atom is -0.240 e. The normalized spacial score (nSPS) is 42.6. The van der Waals surface area contributed by atoms with Crippen molar-refractivity contribution in [2.24, 2.45) is 29.6 Å². The summed E-state index contributed by atoms with van der Waals surface area (Å²) in [6.07, 6.45) is 11.5. The van der Waals surface area contributed by atoms with Gasteiger partial charge in [0, 0.05) is 12.3 Å². The van der Waals surface area contributed by atoms with Crippen molar-refractivity contribution >= 4 is 6.21 Å². The molecule has 2 saturated carbocycles. The second-order valence-corrected chi connectivity index (χ2v) is 6.74. The molecule has 0 amide bonds. The standard InChI is InChI=1S/C16H28N/c1-3-17-10-9-15(13-5-4-6-13)16(11-17)14-8-7-12(14)2/h10,12-16H,3-9,11H2,1-2H3/q+1. The molecule has 1 heterocycles. The lowest BCUT2D eigenvalue weighted by atomic mass is 9.58. The zero-order valence-corrected chi connectivity index (χ0v) is 11.6. The van der Waals surface area contributed by atoms with Crippen LogP contribution in [0.5, 0.6) is 0 Å². The summed E-state index contributed by atoms with van der Waals surface area (Å²) in [5, 5.41) is 0. The highest BCUT2D eigenvalue weighted by atomic mass is 15.0. The summed E-state index contributed by atoms with van der Waals surface area (Å²) in [7, 11) is 0. The van der Waals surface area contributed by atoms with Gasteiger partial charge in [-0.2, -0.15) is 0 Å². The highest BCUT2D eigenvalue weighted by Gasteiger charge is 2.45. The molecule has 96 valence electrons. The molecule has 0 aromatic heterocycles. The van der Waals surface area contributed by atoms with Gasteiger partial charge >= 0.3 is 0 Å². The monoisotopic (exact) mass is 234 g/mol. The second-order valence-electron chi connectivity index (χ2n) is 6.74. The minimum atomic E-state index is 1.01. The van der Waals surface area contributed by atoms with Crippen molar-refractivity contribution in [3.63, 3.8) is 0 Å². The largest absolute Gasteiger partial charge is 0.240 e. The van der Waals surface area contributed by atoms with Gasteiger partial charge in [0.25, 0.3) is 0 Å². The van der Waals surface area contributed by atoms with E-state index in [4.69, 9.17) is 0 Å². The van der Waals surface area contributed by atoms with Crippen molar-refractivity contribution in [1.82, 2.24) is 0 Å². The molecule has 3 aliphatic rings. The Morgan fingerprint density at radius 2 is 1.88 bits per heavy atom. The molecule has 3 rings (SSSR count). The molecule has 0 aromatic carbocycles. The fourth-order valence-corrected chi connectivity index (χ4v) is 4.38. The van der Waals surface area contributed by atoms with Gasteiger partial charge in [-0.25, -0.2) is 4.58 Å². The molecule has 2 aliphatic carbocycles. The molecule has 1 nitrogen and oxygen atoms in total. The van der Waals surface area contributed by atoms with Crippen molar-refractivity contribution in [3.05, 3.63) is 0 Å². The first-order chi connectivity index (χ1) is 8.29. The van der Waals surface area contributed by atoms with E-state index in [1.807, 2.05) is 0 Å². The summed E-state index contributed by atoms with van der Waals surface area (Å²) in [6, 6.07) is 0. The molecule has 4 unspecified atom stereocenters. The van der Waals surface area contributed by atoms with Crippen LogP contribution in [0.1, 0.15) is 52.4 Å². The van der Waals surface area contributed by atoms with Crippen LogP contribution >= 0.6 is 0 Å². The van der Waals surface area contributed by atoms with Gasteiger partial charge in [-0.05, 0) is 37.0 Å². The Kier molecular flexibility index (Phi) is 3.28. The molecule has 17 heavy (non-hydrogen) atoms. The molecular formula is C16H28N+. The van der Waals surface area contributed by atoms with Gasteiger partial charge < -0.3 is 0 Å². The lowest BCUT2D eigenvalue weighted by Gasteiger charge is -2.47. The fraction of sp³-hybridized carbons (Fsp3) is 0.938. The first-order valence-electron chi connectivity index (χ1n) is 7.87. The molecule has 0 spiro atoms. The van der Waals surface area contributed by atoms with Crippen LogP contribution in [0.25, 0.3) is 0 Å². The predicted octanol–water partition coefficient (Wildman–Crippen LogP) is 3.57. The average molecular weight is 234 g/mol. The summed E-state index contributed by atoms with van der Waals surface area (Å²) in [5.41, 5.74) is 0. The third kappa shape index (κ3) is 2.06. The van der Waals surface area contributed by atoms with Crippen molar-refractivity contribution in [2.45, 2.75) is 52.4 Å². The smallest absolute Gasteiger partial charge is 0.145 e. The predicted molar refractivity (Wildman–Crippen MR) is 72.6 cm³/mol. The Balaban J connectivity index is 1.73.